The van der Waals surface area contributed by atoms with Crippen molar-refractivity contribution >= 4 is 83.1 Å². The Hall–Kier alpha value is -4.28. The van der Waals surface area contributed by atoms with Gasteiger partial charge in [0.25, 0.3) is 0 Å². The van der Waals surface area contributed by atoms with Crippen molar-refractivity contribution in [1.82, 2.24) is 4.98 Å². The molecule has 0 saturated heterocycles. The molecule has 62 heavy (non-hydrogen) atoms. The number of carbonyl (C=O) groups excluding carboxylic acids is 5. The average Bonchev–Trinajstić information content (AvgIpc) is 3.41. The van der Waals surface area contributed by atoms with Gasteiger partial charge in [-0.05, 0) is 91.3 Å². The predicted molar refractivity (Wildman–Crippen MR) is 237 cm³/mol. The summed E-state index contributed by atoms with van der Waals surface area (Å²) in [5.74, 6) is -5.63. The van der Waals surface area contributed by atoms with E-state index in [0.717, 1.165) is 10.8 Å². The number of fused-ring (bicyclic) bond motifs is 6. The number of allylic oxidation sites excluding steroid dienone is 4. The number of hydrogen-bond acceptors (Lipinski definition) is 12. The van der Waals surface area contributed by atoms with E-state index in [-0.39, 0.29) is 68.5 Å². The third-order valence-corrected chi connectivity index (χ3v) is 13.9. The quantitative estimate of drug-likeness (QED) is 0.144. The number of anilines is 1. The lowest BCUT2D eigenvalue weighted by Crippen LogP contribution is -2.69. The van der Waals surface area contributed by atoms with Gasteiger partial charge in [0.15, 0.2) is 18.1 Å². The number of aromatic nitrogens is 1. The molecule has 7 rings (SSSR count). The normalized spacial score (nSPS) is 30.3. The molecule has 336 valence electrons. The molecule has 0 aliphatic heterocycles. The van der Waals surface area contributed by atoms with Crippen LogP contribution in [0, 0.1) is 28.6 Å². The molecule has 3 saturated carbocycles. The number of benzene rings is 2. The summed E-state index contributed by atoms with van der Waals surface area (Å²) in [4.78, 5) is 68.8. The number of nitrogens with two attached hydrogens (primary N) is 2. The molecular weight excluding hydrogens is 866 g/mol. The van der Waals surface area contributed by atoms with Crippen molar-refractivity contribution in [2.24, 2.45) is 40.1 Å². The summed E-state index contributed by atoms with van der Waals surface area (Å²) >= 11 is 0. The number of nitrogens with one attached hydrogen (secondary N) is 1. The molecule has 1 aromatic heterocycles. The summed E-state index contributed by atoms with van der Waals surface area (Å²) in [7, 11) is 0. The van der Waals surface area contributed by atoms with Crippen LogP contribution in [0.2, 0.25) is 0 Å². The zero-order chi connectivity index (χ0) is 42.5. The molecule has 3 fully saturated rings. The highest BCUT2D eigenvalue weighted by atomic mass is 35.5. The van der Waals surface area contributed by atoms with E-state index >= 15 is 4.39 Å². The van der Waals surface area contributed by atoms with Crippen LogP contribution in [0.15, 0.2) is 84.7 Å². The number of esters is 2. The molecule has 4 aliphatic rings. The van der Waals surface area contributed by atoms with Gasteiger partial charge in [0, 0.05) is 46.8 Å². The average molecular weight is 920 g/mol. The number of amides is 1. The topological polar surface area (TPSA) is 221 Å². The van der Waals surface area contributed by atoms with E-state index in [4.69, 9.17) is 20.9 Å². The molecule has 0 bridgehead atoms. The largest absolute Gasteiger partial charge is 0.460 e. The summed E-state index contributed by atoms with van der Waals surface area (Å²) in [6, 6.07) is 12.7. The molecule has 7 N–H and O–H groups in total. The number of carbonyl (C=O) groups is 5. The number of nitrogens with zero attached hydrogens (tertiary/aromatic N) is 1. The van der Waals surface area contributed by atoms with Crippen LogP contribution in [0.25, 0.3) is 10.8 Å². The van der Waals surface area contributed by atoms with Crippen molar-refractivity contribution < 1.29 is 48.0 Å². The Kier molecular flexibility index (Phi) is 15.6. The minimum atomic E-state index is -2.13. The van der Waals surface area contributed by atoms with Crippen molar-refractivity contribution in [3.8, 4) is 0 Å². The third kappa shape index (κ3) is 8.55. The lowest BCUT2D eigenvalue weighted by atomic mass is 9.44. The maximum Gasteiger partial charge on any atom is 0.323 e. The van der Waals surface area contributed by atoms with Crippen LogP contribution in [0.5, 0.6) is 0 Å². The van der Waals surface area contributed by atoms with Crippen LogP contribution < -0.4 is 16.8 Å². The zero-order valence-corrected chi connectivity index (χ0v) is 37.0. The number of Topliss-reactive ketones (excluding diaryl/α,β-unsaturated/α-hetero) is 1. The van der Waals surface area contributed by atoms with E-state index in [1.54, 1.807) is 69.6 Å². The van der Waals surface area contributed by atoms with Gasteiger partial charge >= 0.3 is 11.9 Å². The number of ketones is 2. The van der Waals surface area contributed by atoms with E-state index in [0.29, 0.717) is 41.6 Å². The number of ether oxygens (including phenoxy) is 2. The highest BCUT2D eigenvalue weighted by Crippen LogP contribution is 2.70. The van der Waals surface area contributed by atoms with Gasteiger partial charge in [-0.3, -0.25) is 29.0 Å². The van der Waals surface area contributed by atoms with Crippen LogP contribution in [0.1, 0.15) is 69.9 Å². The van der Waals surface area contributed by atoms with Crippen molar-refractivity contribution in [2.75, 3.05) is 18.5 Å². The van der Waals surface area contributed by atoms with Crippen molar-refractivity contribution in [1.29, 1.82) is 0 Å². The first kappa shape index (κ1) is 50.4. The maximum absolute atomic E-state index is 17.5. The molecule has 0 spiro atoms. The van der Waals surface area contributed by atoms with Crippen LogP contribution in [0.4, 0.5) is 10.1 Å². The Labute approximate surface area is 377 Å². The van der Waals surface area contributed by atoms with E-state index in [2.05, 4.69) is 10.3 Å². The monoisotopic (exact) mass is 918 g/mol. The van der Waals surface area contributed by atoms with Gasteiger partial charge < -0.3 is 36.5 Å². The lowest BCUT2D eigenvalue weighted by molar-refractivity contribution is -0.220. The van der Waals surface area contributed by atoms with Gasteiger partial charge in [-0.25, -0.2) is 4.39 Å². The zero-order valence-electron chi connectivity index (χ0n) is 34.6. The number of rotatable bonds is 12. The number of hydrogen-bond donors (Lipinski definition) is 5. The van der Waals surface area contributed by atoms with Crippen LogP contribution in [0.3, 0.4) is 0 Å². The summed E-state index contributed by atoms with van der Waals surface area (Å²) in [6.07, 6.45) is 6.45. The number of aliphatic hydroxyl groups is 2. The maximum atomic E-state index is 17.5. The highest BCUT2D eigenvalue weighted by Gasteiger charge is 2.75. The second-order valence-corrected chi connectivity index (χ2v) is 17.1. The molecule has 3 aromatic rings. The van der Waals surface area contributed by atoms with Gasteiger partial charge in [0.1, 0.15) is 18.2 Å². The van der Waals surface area contributed by atoms with Gasteiger partial charge in [0.05, 0.1) is 18.4 Å². The Balaban J connectivity index is 0.00000282. The van der Waals surface area contributed by atoms with E-state index in [9.17, 15) is 34.2 Å². The molecule has 13 nitrogen and oxygen atoms in total. The second-order valence-electron chi connectivity index (χ2n) is 17.1. The fourth-order valence-electron chi connectivity index (χ4n) is 10.6. The molecule has 4 aliphatic carbocycles. The van der Waals surface area contributed by atoms with E-state index in [1.165, 1.54) is 12.2 Å². The van der Waals surface area contributed by atoms with E-state index < -0.39 is 88.7 Å². The number of alkyl halides is 1. The van der Waals surface area contributed by atoms with Crippen LogP contribution in [-0.2, 0) is 40.1 Å². The number of halogens is 4. The first-order valence-corrected chi connectivity index (χ1v) is 20.0. The van der Waals surface area contributed by atoms with Crippen LogP contribution >= 0.6 is 37.2 Å². The summed E-state index contributed by atoms with van der Waals surface area (Å²) < 4.78 is 28.0. The standard InChI is InChI=1S/C45H51FN4O9.3ClH/c1-25-16-35-34-11-9-30-18-32(51)12-14-42(30,2)44(34,46)37(52)20-43(35,3)45(25,57)38(53)24-58-39(54)19-36(48)41(56)59-23-26-4-6-27(7-5-26)33(21-47)40(55)50-31-10-8-29-22-49-15-13-28(29)17-31;;;/h4-8,10,12-15,17-18,22,25,33-37,52,57H,9,11,16,19-21,23-24,47-48H2,1-3H3,(H,50,55);3*1H/t25-,33?,34+,35+,36?,37+,42+,43+,44+,45+;;;/m1.../s1. The summed E-state index contributed by atoms with van der Waals surface area (Å²) in [5.41, 5.74) is 7.81. The Bertz CT molecular complexity index is 2260. The highest BCUT2D eigenvalue weighted by molar-refractivity contribution is 6.01. The third-order valence-electron chi connectivity index (χ3n) is 13.9. The van der Waals surface area contributed by atoms with Crippen molar-refractivity contribution in [3.05, 3.63) is 95.9 Å². The Morgan fingerprint density at radius 2 is 1.73 bits per heavy atom. The Morgan fingerprint density at radius 3 is 2.42 bits per heavy atom. The summed E-state index contributed by atoms with van der Waals surface area (Å²) in [6.45, 7) is 4.15. The first-order chi connectivity index (χ1) is 28.0. The SMILES string of the molecule is C[C@@H]1C[C@H]2[C@@H]3CCC4=CC(=O)C=C[C@]4(C)[C@@]3(F)[C@@H](O)C[C@]2(C)[C@@]1(O)C(=O)COC(=O)CC(N)C(=O)OCc1ccc(C(CN)C(=O)Nc2ccc3cnccc3c2)cc1.Cl.Cl.Cl. The first-order valence-electron chi connectivity index (χ1n) is 20.0. The smallest absolute Gasteiger partial charge is 0.323 e. The molecule has 17 heteroatoms. The minimum Gasteiger partial charge on any atom is -0.460 e. The molecule has 1 heterocycles. The van der Waals surface area contributed by atoms with Crippen molar-refractivity contribution in [2.45, 2.75) is 88.8 Å². The lowest BCUT2D eigenvalue weighted by Gasteiger charge is -2.62. The van der Waals surface area contributed by atoms with Crippen LogP contribution in [-0.4, -0.2) is 81.2 Å². The molecule has 2 aromatic carbocycles. The molecule has 10 atom stereocenters. The molecule has 1 amide bonds. The predicted octanol–water partition coefficient (Wildman–Crippen LogP) is 5.40. The van der Waals surface area contributed by atoms with E-state index in [1.807, 2.05) is 18.2 Å². The summed E-state index contributed by atoms with van der Waals surface area (Å²) in [5, 5.41) is 28.5. The number of aliphatic hydroxyl groups excluding tert-OH is 1. The second kappa shape index (κ2) is 19.2. The molecular formula is C45H54Cl3FN4O9. The fraction of sp³-hybridized carbons (Fsp3) is 0.467. The minimum absolute atomic E-state index is 0. The van der Waals surface area contributed by atoms with Gasteiger partial charge in [-0.2, -0.15) is 0 Å². The Morgan fingerprint density at radius 1 is 1.02 bits per heavy atom. The fourth-order valence-corrected chi connectivity index (χ4v) is 10.6. The van der Waals surface area contributed by atoms with Gasteiger partial charge in [-0.1, -0.05) is 55.8 Å². The van der Waals surface area contributed by atoms with Crippen molar-refractivity contribution in [3.63, 3.8) is 0 Å². The number of pyridine rings is 1. The molecule has 2 unspecified atom stereocenters. The van der Waals surface area contributed by atoms with Gasteiger partial charge in [0.2, 0.25) is 11.7 Å². The van der Waals surface area contributed by atoms with Gasteiger partial charge in [-0.15, -0.1) is 37.2 Å². The molecule has 0 radical (unpaired) electrons.